The summed E-state index contributed by atoms with van der Waals surface area (Å²) in [5.41, 5.74) is 4.69. The quantitative estimate of drug-likeness (QED) is 0.894. The molecule has 0 aliphatic heterocycles. The van der Waals surface area contributed by atoms with Crippen LogP contribution in [-0.4, -0.2) is 19.2 Å². The van der Waals surface area contributed by atoms with Crippen LogP contribution in [0.25, 0.3) is 0 Å². The second-order valence-corrected chi connectivity index (χ2v) is 5.53. The Morgan fingerprint density at radius 3 is 2.10 bits per heavy atom. The lowest BCUT2D eigenvalue weighted by molar-refractivity contribution is 0.168. The zero-order chi connectivity index (χ0) is 14.5. The lowest BCUT2D eigenvalue weighted by atomic mass is 10.0. The highest BCUT2D eigenvalue weighted by atomic mass is 16.3. The second kappa shape index (κ2) is 6.58. The van der Waals surface area contributed by atoms with Crippen LogP contribution in [-0.2, 0) is 6.42 Å². The van der Waals surface area contributed by atoms with Crippen molar-refractivity contribution in [2.45, 2.75) is 25.9 Å². The third kappa shape index (κ3) is 3.84. The minimum atomic E-state index is -0.385. The predicted octanol–water partition coefficient (Wildman–Crippen LogP) is 3.73. The zero-order valence-corrected chi connectivity index (χ0v) is 12.5. The van der Waals surface area contributed by atoms with E-state index in [2.05, 4.69) is 36.1 Å². The van der Waals surface area contributed by atoms with Crippen LogP contribution >= 0.6 is 0 Å². The molecule has 2 aromatic rings. The summed E-state index contributed by atoms with van der Waals surface area (Å²) in [4.78, 5) is 2.09. The zero-order valence-electron chi connectivity index (χ0n) is 12.5. The summed E-state index contributed by atoms with van der Waals surface area (Å²) in [6.07, 6.45) is 1.26. The van der Waals surface area contributed by atoms with Crippen molar-refractivity contribution >= 4 is 5.69 Å². The minimum absolute atomic E-state index is 0.385. The maximum Gasteiger partial charge on any atom is 0.0793 e. The Morgan fingerprint density at radius 2 is 1.55 bits per heavy atom. The molecule has 0 aliphatic rings. The fraction of sp³-hybridized carbons (Fsp3) is 0.333. The largest absolute Gasteiger partial charge is 0.388 e. The van der Waals surface area contributed by atoms with Crippen molar-refractivity contribution in [3.05, 3.63) is 65.2 Å². The number of nitrogens with zero attached hydrogens (tertiary/aromatic N) is 1. The van der Waals surface area contributed by atoms with Gasteiger partial charge in [0.1, 0.15) is 0 Å². The summed E-state index contributed by atoms with van der Waals surface area (Å²) in [6.45, 7) is 2.06. The van der Waals surface area contributed by atoms with Crippen molar-refractivity contribution in [2.24, 2.45) is 0 Å². The van der Waals surface area contributed by atoms with E-state index in [0.29, 0.717) is 0 Å². The fourth-order valence-corrected chi connectivity index (χ4v) is 2.22. The Morgan fingerprint density at radius 1 is 0.950 bits per heavy atom. The Bertz CT molecular complexity index is 528. The molecule has 20 heavy (non-hydrogen) atoms. The predicted molar refractivity (Wildman–Crippen MR) is 85.2 cm³/mol. The van der Waals surface area contributed by atoms with Crippen molar-refractivity contribution in [3.8, 4) is 0 Å². The Labute approximate surface area is 121 Å². The Balaban J connectivity index is 1.92. The first kappa shape index (κ1) is 14.6. The molecule has 2 nitrogen and oxygen atoms in total. The van der Waals surface area contributed by atoms with Crippen LogP contribution in [0.3, 0.4) is 0 Å². The number of hydrogen-bond acceptors (Lipinski definition) is 2. The van der Waals surface area contributed by atoms with Gasteiger partial charge in [-0.05, 0) is 43.0 Å². The van der Waals surface area contributed by atoms with Crippen LogP contribution in [0.15, 0.2) is 48.5 Å². The molecule has 0 saturated carbocycles. The van der Waals surface area contributed by atoms with Gasteiger partial charge in [0.15, 0.2) is 0 Å². The average Bonchev–Trinajstić information content (AvgIpc) is 2.46. The van der Waals surface area contributed by atoms with Gasteiger partial charge >= 0.3 is 0 Å². The number of rotatable bonds is 5. The molecule has 2 rings (SSSR count). The lowest BCUT2D eigenvalue weighted by Gasteiger charge is -2.14. The van der Waals surface area contributed by atoms with E-state index in [1.807, 2.05) is 38.4 Å². The van der Waals surface area contributed by atoms with Gasteiger partial charge in [-0.15, -0.1) is 0 Å². The number of hydrogen-bond donors (Lipinski definition) is 1. The van der Waals surface area contributed by atoms with E-state index in [1.165, 1.54) is 16.8 Å². The van der Waals surface area contributed by atoms with Gasteiger partial charge < -0.3 is 10.0 Å². The summed E-state index contributed by atoms with van der Waals surface area (Å²) < 4.78 is 0. The molecule has 0 aliphatic carbocycles. The number of benzene rings is 2. The van der Waals surface area contributed by atoms with E-state index in [9.17, 15) is 5.11 Å². The summed E-state index contributed by atoms with van der Waals surface area (Å²) in [7, 11) is 4.08. The van der Waals surface area contributed by atoms with Gasteiger partial charge in [-0.2, -0.15) is 0 Å². The number of aryl methyl sites for hydroxylation is 2. The summed E-state index contributed by atoms with van der Waals surface area (Å²) >= 11 is 0. The van der Waals surface area contributed by atoms with E-state index in [0.717, 1.165) is 18.4 Å². The number of aliphatic hydroxyl groups is 1. The highest BCUT2D eigenvalue weighted by Gasteiger charge is 2.07. The Kier molecular flexibility index (Phi) is 4.80. The molecule has 2 aromatic carbocycles. The average molecular weight is 269 g/mol. The standard InChI is InChI=1S/C18H23NO/c1-14-4-9-16(10-5-14)18(20)13-8-15-6-11-17(12-7-15)19(2)3/h4-7,9-12,18,20H,8,13H2,1-3H3. The van der Waals surface area contributed by atoms with Crippen molar-refractivity contribution in [1.29, 1.82) is 0 Å². The van der Waals surface area contributed by atoms with Gasteiger partial charge in [0.05, 0.1) is 6.10 Å². The van der Waals surface area contributed by atoms with E-state index in [4.69, 9.17) is 0 Å². The molecule has 106 valence electrons. The van der Waals surface area contributed by atoms with Gasteiger partial charge in [0, 0.05) is 19.8 Å². The smallest absolute Gasteiger partial charge is 0.0793 e. The number of anilines is 1. The molecular formula is C18H23NO. The van der Waals surface area contributed by atoms with E-state index in [-0.39, 0.29) is 6.10 Å². The minimum Gasteiger partial charge on any atom is -0.388 e. The van der Waals surface area contributed by atoms with Crippen LogP contribution in [0.1, 0.15) is 29.2 Å². The first-order valence-electron chi connectivity index (χ1n) is 7.07. The molecule has 0 bridgehead atoms. The Hall–Kier alpha value is -1.80. The second-order valence-electron chi connectivity index (χ2n) is 5.53. The molecule has 0 fully saturated rings. The van der Waals surface area contributed by atoms with Crippen LogP contribution in [0.5, 0.6) is 0 Å². The first-order chi connectivity index (χ1) is 9.56. The first-order valence-corrected chi connectivity index (χ1v) is 7.07. The fourth-order valence-electron chi connectivity index (χ4n) is 2.22. The normalized spacial score (nSPS) is 12.2. The van der Waals surface area contributed by atoms with Gasteiger partial charge in [-0.3, -0.25) is 0 Å². The molecule has 0 heterocycles. The van der Waals surface area contributed by atoms with E-state index in [1.54, 1.807) is 0 Å². The molecule has 0 spiro atoms. The molecule has 0 amide bonds. The van der Waals surface area contributed by atoms with Gasteiger partial charge in [0.25, 0.3) is 0 Å². The summed E-state index contributed by atoms with van der Waals surface area (Å²) in [5, 5.41) is 10.2. The molecule has 1 unspecified atom stereocenters. The van der Waals surface area contributed by atoms with Crippen molar-refractivity contribution in [2.75, 3.05) is 19.0 Å². The molecule has 1 N–H and O–H groups in total. The van der Waals surface area contributed by atoms with Crippen molar-refractivity contribution in [3.63, 3.8) is 0 Å². The van der Waals surface area contributed by atoms with Crippen LogP contribution < -0.4 is 4.90 Å². The highest BCUT2D eigenvalue weighted by Crippen LogP contribution is 2.20. The van der Waals surface area contributed by atoms with Crippen molar-refractivity contribution in [1.82, 2.24) is 0 Å². The topological polar surface area (TPSA) is 23.5 Å². The third-order valence-electron chi connectivity index (χ3n) is 3.62. The van der Waals surface area contributed by atoms with Crippen LogP contribution in [0.2, 0.25) is 0 Å². The van der Waals surface area contributed by atoms with E-state index >= 15 is 0 Å². The number of aliphatic hydroxyl groups excluding tert-OH is 1. The van der Waals surface area contributed by atoms with Crippen LogP contribution in [0, 0.1) is 6.92 Å². The molecular weight excluding hydrogens is 246 g/mol. The van der Waals surface area contributed by atoms with Gasteiger partial charge in [0.2, 0.25) is 0 Å². The summed E-state index contributed by atoms with van der Waals surface area (Å²) in [6, 6.07) is 16.6. The highest BCUT2D eigenvalue weighted by molar-refractivity contribution is 5.46. The molecule has 0 aromatic heterocycles. The van der Waals surface area contributed by atoms with Crippen LogP contribution in [0.4, 0.5) is 5.69 Å². The molecule has 2 heteroatoms. The third-order valence-corrected chi connectivity index (χ3v) is 3.62. The van der Waals surface area contributed by atoms with Crippen molar-refractivity contribution < 1.29 is 5.11 Å². The molecule has 1 atom stereocenters. The van der Waals surface area contributed by atoms with Gasteiger partial charge in [-0.1, -0.05) is 42.0 Å². The molecule has 0 radical (unpaired) electrons. The van der Waals surface area contributed by atoms with Gasteiger partial charge in [-0.25, -0.2) is 0 Å². The molecule has 0 saturated heterocycles. The van der Waals surface area contributed by atoms with E-state index < -0.39 is 0 Å². The maximum atomic E-state index is 10.2. The maximum absolute atomic E-state index is 10.2. The monoisotopic (exact) mass is 269 g/mol. The SMILES string of the molecule is Cc1ccc(C(O)CCc2ccc(N(C)C)cc2)cc1. The lowest BCUT2D eigenvalue weighted by Crippen LogP contribution is -2.08. The summed E-state index contributed by atoms with van der Waals surface area (Å²) in [5.74, 6) is 0.